The lowest BCUT2D eigenvalue weighted by Gasteiger charge is -2.41. The van der Waals surface area contributed by atoms with Gasteiger partial charge >= 0.3 is 17.9 Å². The number of esters is 3. The molecule has 0 radical (unpaired) electrons. The number of hydrogen-bond donors (Lipinski definition) is 6. The third-order valence-corrected chi connectivity index (χ3v) is 6.78. The zero-order valence-electron chi connectivity index (χ0n) is 23.2. The summed E-state index contributed by atoms with van der Waals surface area (Å²) in [7, 11) is 0. The van der Waals surface area contributed by atoms with Crippen molar-refractivity contribution in [2.45, 2.75) is 69.7 Å². The second-order valence-corrected chi connectivity index (χ2v) is 10.2. The van der Waals surface area contributed by atoms with Crippen LogP contribution in [0.4, 0.5) is 0 Å². The quantitative estimate of drug-likeness (QED) is 0.108. The van der Waals surface area contributed by atoms with Gasteiger partial charge in [0, 0.05) is 25.0 Å². The molecule has 0 saturated heterocycles. The van der Waals surface area contributed by atoms with Crippen LogP contribution < -0.4 is 0 Å². The number of aryl methyl sites for hydroxylation is 1. The first kappa shape index (κ1) is 32.1. The van der Waals surface area contributed by atoms with Crippen molar-refractivity contribution in [3.05, 3.63) is 65.2 Å². The van der Waals surface area contributed by atoms with Crippen LogP contribution in [0.1, 0.15) is 43.4 Å². The normalized spacial score (nSPS) is 23.8. The van der Waals surface area contributed by atoms with Crippen LogP contribution in [0.25, 0.3) is 12.2 Å². The molecule has 226 valence electrons. The van der Waals surface area contributed by atoms with Gasteiger partial charge < -0.3 is 44.8 Å². The number of phenols is 3. The topological polar surface area (TPSA) is 200 Å². The first-order valence-electron chi connectivity index (χ1n) is 13.1. The van der Waals surface area contributed by atoms with Crippen LogP contribution in [-0.4, -0.2) is 84.7 Å². The van der Waals surface area contributed by atoms with E-state index in [1.165, 1.54) is 50.3 Å². The molecule has 3 rings (SSSR count). The van der Waals surface area contributed by atoms with Gasteiger partial charge in [0.15, 0.2) is 17.1 Å². The third-order valence-electron chi connectivity index (χ3n) is 6.78. The summed E-state index contributed by atoms with van der Waals surface area (Å²) in [6.45, 7) is 4.48. The molecule has 0 spiro atoms. The van der Waals surface area contributed by atoms with Gasteiger partial charge in [0.05, 0.1) is 6.10 Å². The number of hydrogen-bond acceptors (Lipinski definition) is 12. The minimum Gasteiger partial charge on any atom is -0.508 e. The highest BCUT2D eigenvalue weighted by atomic mass is 16.6. The Kier molecular flexibility index (Phi) is 10.3. The average Bonchev–Trinajstić information content (AvgIpc) is 2.92. The fourth-order valence-corrected chi connectivity index (χ4v) is 4.08. The number of benzene rings is 2. The highest BCUT2D eigenvalue weighted by Gasteiger charge is 2.53. The molecule has 42 heavy (non-hydrogen) atoms. The molecule has 0 aliphatic heterocycles. The van der Waals surface area contributed by atoms with Gasteiger partial charge in [0.1, 0.15) is 30.2 Å². The number of ether oxygens (including phenoxy) is 3. The summed E-state index contributed by atoms with van der Waals surface area (Å²) < 4.78 is 15.8. The molecule has 1 saturated carbocycles. The van der Waals surface area contributed by atoms with Crippen molar-refractivity contribution in [2.24, 2.45) is 0 Å². The zero-order chi connectivity index (χ0) is 31.2. The molecule has 0 aromatic heterocycles. The fourth-order valence-electron chi connectivity index (χ4n) is 4.08. The first-order chi connectivity index (χ1) is 19.7. The van der Waals surface area contributed by atoms with Gasteiger partial charge in [-0.15, -0.1) is 0 Å². The van der Waals surface area contributed by atoms with E-state index in [0.29, 0.717) is 16.7 Å². The summed E-state index contributed by atoms with van der Waals surface area (Å²) in [6, 6.07) is 8.52. The molecular weight excluding hydrogens is 552 g/mol. The molecule has 1 fully saturated rings. The summed E-state index contributed by atoms with van der Waals surface area (Å²) in [5.74, 6) is -3.88. The molecule has 1 aliphatic carbocycles. The smallest absolute Gasteiger partial charge is 0.338 e. The van der Waals surface area contributed by atoms with Crippen LogP contribution in [-0.2, 0) is 28.6 Å². The van der Waals surface area contributed by atoms with E-state index in [-0.39, 0.29) is 11.5 Å². The molecule has 6 atom stereocenters. The van der Waals surface area contributed by atoms with Crippen molar-refractivity contribution in [2.75, 3.05) is 0 Å². The van der Waals surface area contributed by atoms with Gasteiger partial charge in [-0.25, -0.2) is 14.4 Å². The summed E-state index contributed by atoms with van der Waals surface area (Å²) in [6.07, 6.45) is -3.38. The predicted molar refractivity (Wildman–Crippen MR) is 148 cm³/mol. The van der Waals surface area contributed by atoms with E-state index >= 15 is 0 Å². The summed E-state index contributed by atoms with van der Waals surface area (Å²) in [5.41, 5.74) is -0.920. The molecule has 6 N–H and O–H groups in total. The molecule has 0 bridgehead atoms. The second-order valence-electron chi connectivity index (χ2n) is 10.2. The molecule has 12 heteroatoms. The van der Waals surface area contributed by atoms with Crippen molar-refractivity contribution in [1.29, 1.82) is 0 Å². The van der Waals surface area contributed by atoms with E-state index in [9.17, 15) is 45.0 Å². The van der Waals surface area contributed by atoms with E-state index in [4.69, 9.17) is 14.2 Å². The summed E-state index contributed by atoms with van der Waals surface area (Å²) in [5, 5.41) is 60.7. The molecule has 0 amide bonds. The van der Waals surface area contributed by atoms with Gasteiger partial charge in [-0.3, -0.25) is 0 Å². The monoisotopic (exact) mass is 586 g/mol. The van der Waals surface area contributed by atoms with E-state index < -0.39 is 72.6 Å². The molecule has 2 aromatic rings. The SMILES string of the molecule is Cc1ccc(/C=C/C(=O)O[C@@H]2C[C@](O)(C(=O)OC(C)C(C)O)C[C@@H](OC(=O)/C=C/c3ccc(O)c(O)c3)[C@H]2O)cc1O. The minimum atomic E-state index is -2.36. The lowest BCUT2D eigenvalue weighted by Crippen LogP contribution is -2.59. The van der Waals surface area contributed by atoms with Gasteiger partial charge in [-0.2, -0.15) is 0 Å². The lowest BCUT2D eigenvalue weighted by atomic mass is 9.79. The average molecular weight is 587 g/mol. The first-order valence-corrected chi connectivity index (χ1v) is 13.1. The Balaban J connectivity index is 1.79. The molecule has 2 aromatic carbocycles. The number of aliphatic hydroxyl groups excluding tert-OH is 2. The molecule has 1 aliphatic rings. The number of carbonyl (C=O) groups is 3. The van der Waals surface area contributed by atoms with Crippen LogP contribution in [0.5, 0.6) is 17.2 Å². The van der Waals surface area contributed by atoms with Crippen molar-refractivity contribution >= 4 is 30.1 Å². The van der Waals surface area contributed by atoms with Crippen LogP contribution >= 0.6 is 0 Å². The predicted octanol–water partition coefficient (Wildman–Crippen LogP) is 1.86. The Morgan fingerprint density at radius 3 is 1.83 bits per heavy atom. The standard InChI is InChI=1S/C30H34O12/c1-16-4-5-19(12-22(16)33)7-10-26(35)41-24-14-30(39,29(38)40-18(3)17(2)31)15-25(28(24)37)42-27(36)11-8-20-6-9-21(32)23(34)13-20/h4-13,17-18,24-25,28,31-34,37,39H,14-15H2,1-3H3/b10-7+,11-8+/t17?,18?,24-,25-,28+,30-/m1/s1. The second kappa shape index (κ2) is 13.5. The fraction of sp³-hybridized carbons (Fsp3) is 0.367. The van der Waals surface area contributed by atoms with Gasteiger partial charge in [-0.05, 0) is 67.8 Å². The van der Waals surface area contributed by atoms with Gasteiger partial charge in [-0.1, -0.05) is 18.2 Å². The number of aromatic hydroxyl groups is 3. The lowest BCUT2D eigenvalue weighted by molar-refractivity contribution is -0.210. The van der Waals surface area contributed by atoms with Gasteiger partial charge in [0.25, 0.3) is 0 Å². The Bertz CT molecular complexity index is 1280. The van der Waals surface area contributed by atoms with E-state index in [0.717, 1.165) is 12.2 Å². The van der Waals surface area contributed by atoms with Crippen LogP contribution in [0.15, 0.2) is 48.6 Å². The number of carbonyl (C=O) groups excluding carboxylic acids is 3. The summed E-state index contributed by atoms with van der Waals surface area (Å²) >= 11 is 0. The van der Waals surface area contributed by atoms with Gasteiger partial charge in [0.2, 0.25) is 0 Å². The maximum Gasteiger partial charge on any atom is 0.338 e. The van der Waals surface area contributed by atoms with Crippen molar-refractivity contribution in [3.63, 3.8) is 0 Å². The van der Waals surface area contributed by atoms with Crippen molar-refractivity contribution in [3.8, 4) is 17.2 Å². The van der Waals surface area contributed by atoms with E-state index in [1.54, 1.807) is 19.1 Å². The number of rotatable bonds is 9. The molecule has 12 nitrogen and oxygen atoms in total. The largest absolute Gasteiger partial charge is 0.508 e. The highest BCUT2D eigenvalue weighted by Crippen LogP contribution is 2.34. The highest BCUT2D eigenvalue weighted by molar-refractivity contribution is 5.88. The number of phenolic OH excluding ortho intramolecular Hbond substituents is 3. The van der Waals surface area contributed by atoms with Crippen molar-refractivity contribution in [1.82, 2.24) is 0 Å². The maximum absolute atomic E-state index is 12.9. The van der Waals surface area contributed by atoms with Crippen LogP contribution in [0, 0.1) is 6.92 Å². The molecule has 0 heterocycles. The zero-order valence-corrected chi connectivity index (χ0v) is 23.2. The summed E-state index contributed by atoms with van der Waals surface area (Å²) in [4.78, 5) is 38.1. The molecular formula is C30H34O12. The van der Waals surface area contributed by atoms with E-state index in [1.807, 2.05) is 0 Å². The number of aliphatic hydroxyl groups is 3. The molecule has 2 unspecified atom stereocenters. The van der Waals surface area contributed by atoms with Crippen molar-refractivity contribution < 1.29 is 59.2 Å². The Morgan fingerprint density at radius 2 is 1.36 bits per heavy atom. The van der Waals surface area contributed by atoms with Crippen LogP contribution in [0.3, 0.4) is 0 Å². The minimum absolute atomic E-state index is 0.0177. The Hall–Kier alpha value is -4.39. The third kappa shape index (κ3) is 8.32. The van der Waals surface area contributed by atoms with E-state index in [2.05, 4.69) is 0 Å². The Morgan fingerprint density at radius 1 is 0.857 bits per heavy atom. The maximum atomic E-state index is 12.9. The van der Waals surface area contributed by atoms with Crippen LogP contribution in [0.2, 0.25) is 0 Å². The Labute approximate surface area is 241 Å².